The van der Waals surface area contributed by atoms with Crippen LogP contribution in [-0.4, -0.2) is 91.0 Å². The summed E-state index contributed by atoms with van der Waals surface area (Å²) < 4.78 is 29.6. The predicted octanol–water partition coefficient (Wildman–Crippen LogP) is 0.157. The van der Waals surface area contributed by atoms with Crippen LogP contribution in [0.5, 0.6) is 0 Å². The van der Waals surface area contributed by atoms with Crippen molar-refractivity contribution in [1.29, 1.82) is 0 Å². The van der Waals surface area contributed by atoms with E-state index < -0.39 is 21.9 Å². The van der Waals surface area contributed by atoms with Gasteiger partial charge in [-0.3, -0.25) is 4.79 Å². The first kappa shape index (κ1) is 17.3. The Morgan fingerprint density at radius 1 is 1.15 bits per heavy atom. The molecule has 0 aromatic carbocycles. The number of fused-ring (bicyclic) bond motifs is 1. The standard InChI is InChI=1S/C16H22N4O5S/c1-18(2)16(22)20-6-5-19(12-8-26(23,24)9-13(12)20)15(21)14-7-11(17-25-14)10-3-4-10/h7,10,12-13H,3-6,8-9H2,1-2H3/t12-,13+/m0/s1. The van der Waals surface area contributed by atoms with Gasteiger partial charge in [-0.05, 0) is 12.8 Å². The van der Waals surface area contributed by atoms with Crippen LogP contribution in [0, 0.1) is 0 Å². The summed E-state index contributed by atoms with van der Waals surface area (Å²) in [4.78, 5) is 29.8. The van der Waals surface area contributed by atoms with Crippen molar-refractivity contribution in [2.75, 3.05) is 38.7 Å². The molecule has 4 rings (SSSR count). The average Bonchev–Trinajstić information content (AvgIpc) is 3.21. The van der Waals surface area contributed by atoms with Crippen molar-refractivity contribution in [3.63, 3.8) is 0 Å². The Balaban J connectivity index is 1.59. The van der Waals surface area contributed by atoms with Gasteiger partial charge in [0.2, 0.25) is 5.76 Å². The summed E-state index contributed by atoms with van der Waals surface area (Å²) in [5.41, 5.74) is 0.783. The molecule has 1 aromatic heterocycles. The summed E-state index contributed by atoms with van der Waals surface area (Å²) in [6.07, 6.45) is 2.10. The van der Waals surface area contributed by atoms with Crippen LogP contribution in [0.2, 0.25) is 0 Å². The molecule has 0 spiro atoms. The highest BCUT2D eigenvalue weighted by molar-refractivity contribution is 7.91. The van der Waals surface area contributed by atoms with Crippen molar-refractivity contribution in [3.05, 3.63) is 17.5 Å². The summed E-state index contributed by atoms with van der Waals surface area (Å²) >= 11 is 0. The topological polar surface area (TPSA) is 104 Å². The van der Waals surface area contributed by atoms with E-state index in [0.29, 0.717) is 12.5 Å². The predicted molar refractivity (Wildman–Crippen MR) is 91.5 cm³/mol. The molecule has 2 aliphatic heterocycles. The van der Waals surface area contributed by atoms with Crippen LogP contribution < -0.4 is 0 Å². The number of carbonyl (C=O) groups excluding carboxylic acids is 2. The van der Waals surface area contributed by atoms with Crippen LogP contribution >= 0.6 is 0 Å². The summed E-state index contributed by atoms with van der Waals surface area (Å²) in [5, 5.41) is 3.96. The van der Waals surface area contributed by atoms with Gasteiger partial charge in [0.1, 0.15) is 0 Å². The molecule has 1 aliphatic carbocycles. The second-order valence-electron chi connectivity index (χ2n) is 7.47. The lowest BCUT2D eigenvalue weighted by atomic mass is 10.0. The van der Waals surface area contributed by atoms with Crippen LogP contribution in [0.1, 0.15) is 35.0 Å². The first-order chi connectivity index (χ1) is 12.3. The number of piperazine rings is 1. The number of aromatic nitrogens is 1. The minimum absolute atomic E-state index is 0.120. The maximum atomic E-state index is 12.9. The van der Waals surface area contributed by atoms with Gasteiger partial charge in [-0.1, -0.05) is 5.16 Å². The SMILES string of the molecule is CN(C)C(=O)N1CCN(C(=O)c2cc(C3CC3)no2)[C@H]2CS(=O)(=O)C[C@H]21. The molecule has 3 heterocycles. The third-order valence-electron chi connectivity index (χ3n) is 5.30. The van der Waals surface area contributed by atoms with Gasteiger partial charge in [-0.15, -0.1) is 0 Å². The quantitative estimate of drug-likeness (QED) is 0.722. The fourth-order valence-electron chi connectivity index (χ4n) is 3.80. The van der Waals surface area contributed by atoms with Gasteiger partial charge in [0.15, 0.2) is 9.84 Å². The monoisotopic (exact) mass is 382 g/mol. The summed E-state index contributed by atoms with van der Waals surface area (Å²) in [5.74, 6) is -0.0973. The Hall–Kier alpha value is -2.10. The van der Waals surface area contributed by atoms with E-state index in [1.54, 1.807) is 25.1 Å². The second kappa shape index (κ2) is 5.97. The van der Waals surface area contributed by atoms with Crippen molar-refractivity contribution < 1.29 is 22.5 Å². The van der Waals surface area contributed by atoms with E-state index in [4.69, 9.17) is 4.52 Å². The lowest BCUT2D eigenvalue weighted by Crippen LogP contribution is -2.63. The number of nitrogens with zero attached hydrogens (tertiary/aromatic N) is 4. The molecule has 0 radical (unpaired) electrons. The van der Waals surface area contributed by atoms with Gasteiger partial charge >= 0.3 is 6.03 Å². The van der Waals surface area contributed by atoms with Crippen molar-refractivity contribution in [2.45, 2.75) is 30.8 Å². The number of sulfone groups is 1. The van der Waals surface area contributed by atoms with Crippen molar-refractivity contribution in [2.24, 2.45) is 0 Å². The molecule has 9 nitrogen and oxygen atoms in total. The van der Waals surface area contributed by atoms with E-state index in [1.165, 1.54) is 9.80 Å². The van der Waals surface area contributed by atoms with E-state index in [9.17, 15) is 18.0 Å². The first-order valence-corrected chi connectivity index (χ1v) is 10.5. The highest BCUT2D eigenvalue weighted by Crippen LogP contribution is 2.39. The lowest BCUT2D eigenvalue weighted by molar-refractivity contribution is 0.0361. The number of carbonyl (C=O) groups is 2. The molecule has 0 unspecified atom stereocenters. The molecule has 3 aliphatic rings. The number of urea groups is 1. The fraction of sp³-hybridized carbons (Fsp3) is 0.688. The van der Waals surface area contributed by atoms with Crippen molar-refractivity contribution in [1.82, 2.24) is 19.9 Å². The van der Waals surface area contributed by atoms with E-state index >= 15 is 0 Å². The Morgan fingerprint density at radius 3 is 2.38 bits per heavy atom. The largest absolute Gasteiger partial charge is 0.351 e. The molecule has 26 heavy (non-hydrogen) atoms. The summed E-state index contributed by atoms with van der Waals surface area (Å²) in [6, 6.07) is 0.341. The molecule has 1 aromatic rings. The minimum Gasteiger partial charge on any atom is -0.351 e. The Labute approximate surface area is 151 Å². The molecule has 0 N–H and O–H groups in total. The third kappa shape index (κ3) is 2.95. The maximum absolute atomic E-state index is 12.9. The average molecular weight is 382 g/mol. The Bertz CT molecular complexity index is 845. The lowest BCUT2D eigenvalue weighted by Gasteiger charge is -2.44. The fourth-order valence-corrected chi connectivity index (χ4v) is 5.78. The van der Waals surface area contributed by atoms with Crippen LogP contribution in [0.3, 0.4) is 0 Å². The molecule has 2 atom stereocenters. The second-order valence-corrected chi connectivity index (χ2v) is 9.62. The van der Waals surface area contributed by atoms with E-state index in [1.807, 2.05) is 0 Å². The molecule has 3 amide bonds. The number of amides is 3. The first-order valence-electron chi connectivity index (χ1n) is 8.73. The summed E-state index contributed by atoms with van der Waals surface area (Å²) in [7, 11) is -0.0580. The van der Waals surface area contributed by atoms with Crippen LogP contribution in [0.15, 0.2) is 10.6 Å². The maximum Gasteiger partial charge on any atom is 0.319 e. The van der Waals surface area contributed by atoms with E-state index in [-0.39, 0.29) is 35.7 Å². The van der Waals surface area contributed by atoms with Gasteiger partial charge in [0.05, 0.1) is 29.3 Å². The zero-order chi connectivity index (χ0) is 18.6. The molecular weight excluding hydrogens is 360 g/mol. The van der Waals surface area contributed by atoms with Crippen molar-refractivity contribution in [3.8, 4) is 0 Å². The van der Waals surface area contributed by atoms with Gasteiger partial charge in [0, 0.05) is 39.2 Å². The van der Waals surface area contributed by atoms with E-state index in [0.717, 1.165) is 18.5 Å². The smallest absolute Gasteiger partial charge is 0.319 e. The van der Waals surface area contributed by atoms with Crippen molar-refractivity contribution >= 4 is 21.8 Å². The number of hydrogen-bond donors (Lipinski definition) is 0. The molecule has 0 bridgehead atoms. The zero-order valence-electron chi connectivity index (χ0n) is 14.8. The van der Waals surface area contributed by atoms with Crippen LogP contribution in [0.25, 0.3) is 0 Å². The van der Waals surface area contributed by atoms with Gasteiger partial charge in [-0.25, -0.2) is 13.2 Å². The molecule has 10 heteroatoms. The summed E-state index contributed by atoms with van der Waals surface area (Å²) in [6.45, 7) is 0.567. The molecule has 1 saturated carbocycles. The molecular formula is C16H22N4O5S. The highest BCUT2D eigenvalue weighted by Gasteiger charge is 2.50. The number of rotatable bonds is 2. The Kier molecular flexibility index (Phi) is 3.98. The Morgan fingerprint density at radius 2 is 1.77 bits per heavy atom. The number of hydrogen-bond acceptors (Lipinski definition) is 6. The molecule has 142 valence electrons. The molecule has 2 saturated heterocycles. The molecule has 3 fully saturated rings. The third-order valence-corrected chi connectivity index (χ3v) is 7.00. The zero-order valence-corrected chi connectivity index (χ0v) is 15.6. The van der Waals surface area contributed by atoms with Gasteiger partial charge < -0.3 is 19.2 Å². The highest BCUT2D eigenvalue weighted by atomic mass is 32.2. The minimum atomic E-state index is -3.32. The van der Waals surface area contributed by atoms with Gasteiger partial charge in [0.25, 0.3) is 5.91 Å². The van der Waals surface area contributed by atoms with Crippen LogP contribution in [-0.2, 0) is 9.84 Å². The van der Waals surface area contributed by atoms with Gasteiger partial charge in [-0.2, -0.15) is 0 Å². The van der Waals surface area contributed by atoms with E-state index in [2.05, 4.69) is 5.16 Å². The normalized spacial score (nSPS) is 27.3. The van der Waals surface area contributed by atoms with Crippen LogP contribution in [0.4, 0.5) is 4.79 Å².